The smallest absolute Gasteiger partial charge is 0.273 e. The summed E-state index contributed by atoms with van der Waals surface area (Å²) >= 11 is 0. The van der Waals surface area contributed by atoms with Crippen LogP contribution in [0.1, 0.15) is 29.3 Å². The molecule has 1 saturated heterocycles. The number of carbonyl (C=O) groups excluding carboxylic acids is 1. The van der Waals surface area contributed by atoms with Crippen molar-refractivity contribution in [2.24, 2.45) is 0 Å². The summed E-state index contributed by atoms with van der Waals surface area (Å²) in [6.07, 6.45) is 1.49. The third-order valence-corrected chi connectivity index (χ3v) is 3.81. The van der Waals surface area contributed by atoms with Crippen molar-refractivity contribution in [1.29, 1.82) is 0 Å². The van der Waals surface area contributed by atoms with Gasteiger partial charge in [-0.15, -0.1) is 12.4 Å². The van der Waals surface area contributed by atoms with Gasteiger partial charge in [0.1, 0.15) is 0 Å². The highest BCUT2D eigenvalue weighted by Gasteiger charge is 2.25. The summed E-state index contributed by atoms with van der Waals surface area (Å²) in [5, 5.41) is 14.3. The Morgan fingerprint density at radius 3 is 2.76 bits per heavy atom. The van der Waals surface area contributed by atoms with Crippen LogP contribution >= 0.6 is 12.4 Å². The first-order chi connectivity index (χ1) is 9.54. The summed E-state index contributed by atoms with van der Waals surface area (Å²) in [7, 11) is 1.75. The SMILES string of the molecule is CCc1ccc(C(=O)N(C)C2CCNC2)cc1[N+](=O)[O-].Cl. The summed E-state index contributed by atoms with van der Waals surface area (Å²) in [5.74, 6) is -0.163. The molecule has 1 aliphatic rings. The first kappa shape index (κ1) is 17.4. The molecule has 1 N–H and O–H groups in total. The van der Waals surface area contributed by atoms with Crippen molar-refractivity contribution in [1.82, 2.24) is 10.2 Å². The van der Waals surface area contributed by atoms with Crippen LogP contribution in [0.2, 0.25) is 0 Å². The van der Waals surface area contributed by atoms with Crippen molar-refractivity contribution in [2.45, 2.75) is 25.8 Å². The van der Waals surface area contributed by atoms with Crippen LogP contribution in [0.5, 0.6) is 0 Å². The molecule has 1 aromatic carbocycles. The Morgan fingerprint density at radius 1 is 1.52 bits per heavy atom. The van der Waals surface area contributed by atoms with E-state index in [0.29, 0.717) is 17.5 Å². The topological polar surface area (TPSA) is 75.5 Å². The average molecular weight is 314 g/mol. The number of nitrogens with zero attached hydrogens (tertiary/aromatic N) is 2. The van der Waals surface area contributed by atoms with Gasteiger partial charge in [-0.05, 0) is 25.5 Å². The number of benzene rings is 1. The van der Waals surface area contributed by atoms with Gasteiger partial charge in [0.25, 0.3) is 11.6 Å². The van der Waals surface area contributed by atoms with Crippen LogP contribution < -0.4 is 5.32 Å². The summed E-state index contributed by atoms with van der Waals surface area (Å²) in [6, 6.07) is 4.89. The van der Waals surface area contributed by atoms with E-state index in [1.165, 1.54) is 6.07 Å². The molecule has 1 amide bonds. The van der Waals surface area contributed by atoms with Crippen molar-refractivity contribution in [3.63, 3.8) is 0 Å². The fourth-order valence-electron chi connectivity index (χ4n) is 2.51. The van der Waals surface area contributed by atoms with Crippen molar-refractivity contribution >= 4 is 24.0 Å². The molecule has 1 fully saturated rings. The predicted molar refractivity (Wildman–Crippen MR) is 83.1 cm³/mol. The highest BCUT2D eigenvalue weighted by atomic mass is 35.5. The molecule has 0 radical (unpaired) electrons. The average Bonchev–Trinajstić information content (AvgIpc) is 2.99. The van der Waals surface area contributed by atoms with E-state index in [4.69, 9.17) is 0 Å². The number of carbonyl (C=O) groups is 1. The van der Waals surface area contributed by atoms with Crippen LogP contribution in [-0.4, -0.2) is 41.9 Å². The van der Waals surface area contributed by atoms with Crippen LogP contribution in [-0.2, 0) is 6.42 Å². The van der Waals surface area contributed by atoms with E-state index >= 15 is 0 Å². The van der Waals surface area contributed by atoms with Crippen LogP contribution in [0.15, 0.2) is 18.2 Å². The Labute approximate surface area is 130 Å². The molecule has 0 bridgehead atoms. The van der Waals surface area contributed by atoms with Gasteiger partial charge in [0.05, 0.1) is 4.92 Å². The highest BCUT2D eigenvalue weighted by Crippen LogP contribution is 2.22. The Morgan fingerprint density at radius 2 is 2.24 bits per heavy atom. The number of likely N-dealkylation sites (N-methyl/N-ethyl adjacent to an activating group) is 1. The zero-order chi connectivity index (χ0) is 14.7. The number of nitro benzene ring substituents is 1. The number of hydrogen-bond acceptors (Lipinski definition) is 4. The molecule has 1 heterocycles. The van der Waals surface area contributed by atoms with Gasteiger partial charge in [-0.25, -0.2) is 0 Å². The van der Waals surface area contributed by atoms with Crippen LogP contribution in [0.4, 0.5) is 5.69 Å². The van der Waals surface area contributed by atoms with Gasteiger partial charge >= 0.3 is 0 Å². The van der Waals surface area contributed by atoms with Gasteiger partial charge in [-0.3, -0.25) is 14.9 Å². The minimum Gasteiger partial charge on any atom is -0.337 e. The van der Waals surface area contributed by atoms with E-state index < -0.39 is 4.92 Å². The Hall–Kier alpha value is -1.66. The van der Waals surface area contributed by atoms with E-state index in [0.717, 1.165) is 19.5 Å². The largest absolute Gasteiger partial charge is 0.337 e. The van der Waals surface area contributed by atoms with Gasteiger partial charge in [0.15, 0.2) is 0 Å². The first-order valence-electron chi connectivity index (χ1n) is 6.79. The minimum absolute atomic E-state index is 0. The monoisotopic (exact) mass is 313 g/mol. The molecule has 21 heavy (non-hydrogen) atoms. The maximum absolute atomic E-state index is 12.4. The molecule has 116 valence electrons. The molecule has 1 aliphatic heterocycles. The lowest BCUT2D eigenvalue weighted by Gasteiger charge is -2.23. The van der Waals surface area contributed by atoms with E-state index in [1.807, 2.05) is 6.92 Å². The van der Waals surface area contributed by atoms with Crippen LogP contribution in [0.25, 0.3) is 0 Å². The fourth-order valence-corrected chi connectivity index (χ4v) is 2.51. The molecule has 0 aliphatic carbocycles. The normalized spacial score (nSPS) is 17.1. The predicted octanol–water partition coefficient (Wildman–Crippen LogP) is 2.01. The number of aryl methyl sites for hydroxylation is 1. The van der Waals surface area contributed by atoms with E-state index in [-0.39, 0.29) is 30.0 Å². The van der Waals surface area contributed by atoms with Crippen molar-refractivity contribution in [3.05, 3.63) is 39.4 Å². The zero-order valence-electron chi connectivity index (χ0n) is 12.2. The molecular weight excluding hydrogens is 294 g/mol. The second-order valence-electron chi connectivity index (χ2n) is 5.02. The second kappa shape index (κ2) is 7.38. The molecule has 2 rings (SSSR count). The summed E-state index contributed by atoms with van der Waals surface area (Å²) in [4.78, 5) is 24.7. The highest BCUT2D eigenvalue weighted by molar-refractivity contribution is 5.95. The molecule has 6 nitrogen and oxygen atoms in total. The summed E-state index contributed by atoms with van der Waals surface area (Å²) in [5.41, 5.74) is 1.05. The van der Waals surface area contributed by atoms with Crippen molar-refractivity contribution in [3.8, 4) is 0 Å². The molecular formula is C14H20ClN3O3. The number of hydrogen-bond donors (Lipinski definition) is 1. The molecule has 1 aromatic rings. The van der Waals surface area contributed by atoms with E-state index in [2.05, 4.69) is 5.32 Å². The number of halogens is 1. The molecule has 1 unspecified atom stereocenters. The summed E-state index contributed by atoms with van der Waals surface area (Å²) < 4.78 is 0. The quantitative estimate of drug-likeness (QED) is 0.681. The Bertz CT molecular complexity index is 530. The number of nitrogens with one attached hydrogen (secondary N) is 1. The number of rotatable bonds is 4. The van der Waals surface area contributed by atoms with Crippen LogP contribution in [0.3, 0.4) is 0 Å². The maximum atomic E-state index is 12.4. The Kier molecular flexibility index (Phi) is 6.11. The van der Waals surface area contributed by atoms with Gasteiger partial charge in [0.2, 0.25) is 0 Å². The molecule has 1 atom stereocenters. The molecule has 0 saturated carbocycles. The van der Waals surface area contributed by atoms with Crippen molar-refractivity contribution in [2.75, 3.05) is 20.1 Å². The number of amides is 1. The third kappa shape index (κ3) is 3.71. The van der Waals surface area contributed by atoms with Gasteiger partial charge in [0, 0.05) is 36.8 Å². The van der Waals surface area contributed by atoms with Gasteiger partial charge in [-0.1, -0.05) is 13.0 Å². The molecule has 0 aromatic heterocycles. The lowest BCUT2D eigenvalue weighted by Crippen LogP contribution is -2.38. The van der Waals surface area contributed by atoms with Gasteiger partial charge in [-0.2, -0.15) is 0 Å². The number of nitro groups is 1. The van der Waals surface area contributed by atoms with E-state index in [1.54, 1.807) is 24.1 Å². The van der Waals surface area contributed by atoms with Crippen LogP contribution in [0, 0.1) is 10.1 Å². The van der Waals surface area contributed by atoms with E-state index in [9.17, 15) is 14.9 Å². The maximum Gasteiger partial charge on any atom is 0.273 e. The first-order valence-corrected chi connectivity index (χ1v) is 6.79. The minimum atomic E-state index is -0.424. The third-order valence-electron chi connectivity index (χ3n) is 3.81. The fraction of sp³-hybridized carbons (Fsp3) is 0.500. The lowest BCUT2D eigenvalue weighted by molar-refractivity contribution is -0.385. The Balaban J connectivity index is 0.00000220. The molecule has 7 heteroatoms. The summed E-state index contributed by atoms with van der Waals surface area (Å²) in [6.45, 7) is 3.54. The van der Waals surface area contributed by atoms with Crippen molar-refractivity contribution < 1.29 is 9.72 Å². The zero-order valence-corrected chi connectivity index (χ0v) is 13.0. The molecule has 0 spiro atoms. The lowest BCUT2D eigenvalue weighted by atomic mass is 10.1. The standard InChI is InChI=1S/C14H19N3O3.ClH/c1-3-10-4-5-11(8-13(10)17(19)20)14(18)16(2)12-6-7-15-9-12;/h4-5,8,12,15H,3,6-7,9H2,1-2H3;1H. The van der Waals surface area contributed by atoms with Gasteiger partial charge < -0.3 is 10.2 Å². The second-order valence-corrected chi connectivity index (χ2v) is 5.02.